The summed E-state index contributed by atoms with van der Waals surface area (Å²) in [5.41, 5.74) is 2.63. The molecule has 1 N–H and O–H groups in total. The van der Waals surface area contributed by atoms with Gasteiger partial charge in [0.25, 0.3) is 0 Å². The van der Waals surface area contributed by atoms with Gasteiger partial charge in [0.15, 0.2) is 0 Å². The average Bonchev–Trinajstić information content (AvgIpc) is 2.68. The van der Waals surface area contributed by atoms with E-state index in [1.54, 1.807) is 7.11 Å². The van der Waals surface area contributed by atoms with Gasteiger partial charge in [0, 0.05) is 13.2 Å². The first-order chi connectivity index (χ1) is 13.1. The molecule has 3 heteroatoms. The number of hydrogen-bond acceptors (Lipinski definition) is 3. The Balaban J connectivity index is 1.69. The minimum atomic E-state index is -0.0410. The Morgan fingerprint density at radius 1 is 1.11 bits per heavy atom. The largest absolute Gasteiger partial charge is 0.496 e. The van der Waals surface area contributed by atoms with Crippen molar-refractivity contribution in [3.63, 3.8) is 0 Å². The molecule has 2 atom stereocenters. The molecule has 0 radical (unpaired) electrons. The van der Waals surface area contributed by atoms with E-state index in [0.29, 0.717) is 11.8 Å². The lowest BCUT2D eigenvalue weighted by Crippen LogP contribution is -2.37. The molecule has 0 unspecified atom stereocenters. The smallest absolute Gasteiger partial charge is 0.122 e. The zero-order valence-corrected chi connectivity index (χ0v) is 16.9. The highest BCUT2D eigenvalue weighted by molar-refractivity contribution is 5.37. The highest BCUT2D eigenvalue weighted by Gasteiger charge is 2.34. The molecule has 0 amide bonds. The molecule has 3 nitrogen and oxygen atoms in total. The second-order valence-corrected chi connectivity index (χ2v) is 8.16. The number of ether oxygens (including phenoxy) is 2. The molecule has 0 aliphatic carbocycles. The van der Waals surface area contributed by atoms with Gasteiger partial charge in [0.05, 0.1) is 12.7 Å². The second kappa shape index (κ2) is 9.38. The molecular weight excluding hydrogens is 334 g/mol. The summed E-state index contributed by atoms with van der Waals surface area (Å²) in [5.74, 6) is 2.10. The molecule has 0 saturated carbocycles. The number of benzene rings is 2. The van der Waals surface area contributed by atoms with E-state index in [1.165, 1.54) is 11.1 Å². The number of nitrogens with one attached hydrogen (secondary N) is 1. The Morgan fingerprint density at radius 3 is 2.59 bits per heavy atom. The van der Waals surface area contributed by atoms with Crippen molar-refractivity contribution >= 4 is 0 Å². The maximum absolute atomic E-state index is 5.97. The van der Waals surface area contributed by atoms with E-state index < -0.39 is 0 Å². The van der Waals surface area contributed by atoms with Crippen LogP contribution in [-0.4, -0.2) is 25.9 Å². The molecule has 0 aromatic heterocycles. The predicted octanol–water partition coefficient (Wildman–Crippen LogP) is 5.16. The van der Waals surface area contributed by atoms with Crippen LogP contribution in [0.4, 0.5) is 0 Å². The van der Waals surface area contributed by atoms with Crippen LogP contribution in [0.5, 0.6) is 5.75 Å². The normalized spacial score (nSPS) is 20.2. The first kappa shape index (κ1) is 19.9. The topological polar surface area (TPSA) is 30.5 Å². The Bertz CT molecular complexity index is 699. The summed E-state index contributed by atoms with van der Waals surface area (Å²) >= 11 is 0. The predicted molar refractivity (Wildman–Crippen MR) is 111 cm³/mol. The van der Waals surface area contributed by atoms with E-state index in [0.717, 1.165) is 44.7 Å². The highest BCUT2D eigenvalue weighted by Crippen LogP contribution is 2.42. The first-order valence-corrected chi connectivity index (χ1v) is 10.1. The molecular formula is C24H33NO2. The summed E-state index contributed by atoms with van der Waals surface area (Å²) in [6.45, 7) is 7.19. The molecule has 27 heavy (non-hydrogen) atoms. The van der Waals surface area contributed by atoms with Gasteiger partial charge in [-0.1, -0.05) is 48.5 Å². The second-order valence-electron chi connectivity index (χ2n) is 8.16. The van der Waals surface area contributed by atoms with Crippen molar-refractivity contribution in [3.05, 3.63) is 65.7 Å². The lowest BCUT2D eigenvalue weighted by atomic mass is 9.75. The van der Waals surface area contributed by atoms with Gasteiger partial charge in [0.1, 0.15) is 5.75 Å². The quantitative estimate of drug-likeness (QED) is 0.654. The van der Waals surface area contributed by atoms with Crippen LogP contribution in [0, 0.1) is 5.92 Å². The molecule has 1 aliphatic heterocycles. The van der Waals surface area contributed by atoms with Gasteiger partial charge < -0.3 is 14.8 Å². The van der Waals surface area contributed by atoms with Gasteiger partial charge in [-0.25, -0.2) is 0 Å². The fourth-order valence-electron chi connectivity index (χ4n) is 4.33. The van der Waals surface area contributed by atoms with Crippen LogP contribution >= 0.6 is 0 Å². The summed E-state index contributed by atoms with van der Waals surface area (Å²) in [4.78, 5) is 0. The van der Waals surface area contributed by atoms with Crippen LogP contribution in [0.25, 0.3) is 0 Å². The molecule has 146 valence electrons. The van der Waals surface area contributed by atoms with Crippen molar-refractivity contribution in [1.29, 1.82) is 0 Å². The SMILES string of the molecule is COc1ccccc1[C@H](CCNCc1ccccc1)[C@@H]1CCOC(C)(C)C1. The Kier molecular flexibility index (Phi) is 6.92. The standard InChI is InChI=1S/C24H33NO2/c1-24(2)17-20(14-16-27-24)21(22-11-7-8-12-23(22)26-3)13-15-25-18-19-9-5-4-6-10-19/h4-12,20-21,25H,13-18H2,1-3H3/t20-,21-/m1/s1. The maximum Gasteiger partial charge on any atom is 0.122 e. The van der Waals surface area contributed by atoms with Crippen LogP contribution in [0.3, 0.4) is 0 Å². The van der Waals surface area contributed by atoms with E-state index in [-0.39, 0.29) is 5.60 Å². The first-order valence-electron chi connectivity index (χ1n) is 10.1. The molecule has 2 aromatic rings. The summed E-state index contributed by atoms with van der Waals surface area (Å²) in [5, 5.41) is 3.63. The van der Waals surface area contributed by atoms with E-state index in [1.807, 2.05) is 0 Å². The minimum Gasteiger partial charge on any atom is -0.496 e. The van der Waals surface area contributed by atoms with Gasteiger partial charge in [-0.15, -0.1) is 0 Å². The fourth-order valence-corrected chi connectivity index (χ4v) is 4.33. The lowest BCUT2D eigenvalue weighted by Gasteiger charge is -2.40. The van der Waals surface area contributed by atoms with Crippen molar-refractivity contribution in [3.8, 4) is 5.75 Å². The fraction of sp³-hybridized carbons (Fsp3) is 0.500. The van der Waals surface area contributed by atoms with Crippen LogP contribution < -0.4 is 10.1 Å². The van der Waals surface area contributed by atoms with Crippen LogP contribution in [-0.2, 0) is 11.3 Å². The average molecular weight is 368 g/mol. The number of hydrogen-bond donors (Lipinski definition) is 1. The van der Waals surface area contributed by atoms with Gasteiger partial charge in [0.2, 0.25) is 0 Å². The summed E-state index contributed by atoms with van der Waals surface area (Å²) in [6.07, 6.45) is 3.31. The van der Waals surface area contributed by atoms with E-state index in [9.17, 15) is 0 Å². The maximum atomic E-state index is 5.97. The van der Waals surface area contributed by atoms with Crippen molar-refractivity contribution < 1.29 is 9.47 Å². The molecule has 0 spiro atoms. The Hall–Kier alpha value is -1.84. The zero-order valence-electron chi connectivity index (χ0n) is 16.9. The van der Waals surface area contributed by atoms with E-state index in [2.05, 4.69) is 73.8 Å². The molecule has 1 saturated heterocycles. The van der Waals surface area contributed by atoms with Crippen LogP contribution in [0.2, 0.25) is 0 Å². The number of methoxy groups -OCH3 is 1. The molecule has 0 bridgehead atoms. The van der Waals surface area contributed by atoms with Crippen LogP contribution in [0.15, 0.2) is 54.6 Å². The lowest BCUT2D eigenvalue weighted by molar-refractivity contribution is -0.0772. The monoisotopic (exact) mass is 367 g/mol. The Morgan fingerprint density at radius 2 is 1.85 bits per heavy atom. The molecule has 1 heterocycles. The third kappa shape index (κ3) is 5.57. The number of para-hydroxylation sites is 1. The van der Waals surface area contributed by atoms with Crippen LogP contribution in [0.1, 0.15) is 50.2 Å². The third-order valence-electron chi connectivity index (χ3n) is 5.65. The molecule has 1 fully saturated rings. The summed E-state index contributed by atoms with van der Waals surface area (Å²) in [6, 6.07) is 19.1. The van der Waals surface area contributed by atoms with Gasteiger partial charge >= 0.3 is 0 Å². The highest BCUT2D eigenvalue weighted by atomic mass is 16.5. The van der Waals surface area contributed by atoms with Crippen molar-refractivity contribution in [2.45, 2.75) is 51.2 Å². The molecule has 1 aliphatic rings. The van der Waals surface area contributed by atoms with Gasteiger partial charge in [-0.2, -0.15) is 0 Å². The van der Waals surface area contributed by atoms with E-state index in [4.69, 9.17) is 9.47 Å². The number of rotatable bonds is 8. The Labute approximate surface area is 164 Å². The van der Waals surface area contributed by atoms with Crippen molar-refractivity contribution in [2.24, 2.45) is 5.92 Å². The minimum absolute atomic E-state index is 0.0410. The van der Waals surface area contributed by atoms with E-state index >= 15 is 0 Å². The molecule has 2 aromatic carbocycles. The summed E-state index contributed by atoms with van der Waals surface area (Å²) < 4.78 is 11.7. The molecule has 3 rings (SSSR count). The van der Waals surface area contributed by atoms with Gasteiger partial charge in [-0.05, 0) is 68.7 Å². The zero-order chi connectivity index (χ0) is 19.1. The van der Waals surface area contributed by atoms with Gasteiger partial charge in [-0.3, -0.25) is 0 Å². The summed E-state index contributed by atoms with van der Waals surface area (Å²) in [7, 11) is 1.78. The third-order valence-corrected chi connectivity index (χ3v) is 5.65. The van der Waals surface area contributed by atoms with Crippen molar-refractivity contribution in [2.75, 3.05) is 20.3 Å². The van der Waals surface area contributed by atoms with Crippen molar-refractivity contribution in [1.82, 2.24) is 5.32 Å².